The summed E-state index contributed by atoms with van der Waals surface area (Å²) in [4.78, 5) is 34.2. The monoisotopic (exact) mass is 706 g/mol. The normalized spacial score (nSPS) is 17.0. The molecule has 16 heteroatoms. The van der Waals surface area contributed by atoms with Crippen molar-refractivity contribution in [3.63, 3.8) is 0 Å². The number of nitrogens with zero attached hydrogens (tertiary/aromatic N) is 4. The van der Waals surface area contributed by atoms with Crippen LogP contribution in [0.4, 0.5) is 37.8 Å². The van der Waals surface area contributed by atoms with Gasteiger partial charge in [-0.15, -0.1) is 0 Å². The Kier molecular flexibility index (Phi) is 9.91. The molecule has 2 aliphatic heterocycles. The smallest absolute Gasteiger partial charge is 0.381 e. The molecular weight excluding hydrogens is 674 g/mol. The lowest BCUT2D eigenvalue weighted by Crippen LogP contribution is -2.50. The quantitative estimate of drug-likeness (QED) is 0.195. The Balaban J connectivity index is 1.36. The van der Waals surface area contributed by atoms with E-state index in [1.54, 1.807) is 12.1 Å². The van der Waals surface area contributed by atoms with Crippen molar-refractivity contribution in [2.24, 2.45) is 0 Å². The third kappa shape index (κ3) is 7.70. The molecule has 0 saturated carbocycles. The average molecular weight is 707 g/mol. The van der Waals surface area contributed by atoms with Gasteiger partial charge in [-0.05, 0) is 93.7 Å². The number of alkyl halides is 6. The number of benzene rings is 2. The lowest BCUT2D eigenvalue weighted by Gasteiger charge is -2.36. The van der Waals surface area contributed by atoms with Crippen molar-refractivity contribution in [1.82, 2.24) is 20.1 Å². The van der Waals surface area contributed by atoms with Gasteiger partial charge in [0.05, 0.1) is 22.3 Å². The Morgan fingerprint density at radius 3 is 2.39 bits per heavy atom. The summed E-state index contributed by atoms with van der Waals surface area (Å²) in [6.07, 6.45) is -8.00. The van der Waals surface area contributed by atoms with E-state index in [0.717, 1.165) is 49.3 Å². The lowest BCUT2D eigenvalue weighted by atomic mass is 9.88. The average Bonchev–Trinajstić information content (AvgIpc) is 3.46. The SMILES string of the molecule is CN1CCC(c2ccc(C(=O)Nc3n[nH]c4ccc(Sc5ccccc5C(F)(F)F)nc34)c(N(C(=O)C(F)(F)F)C3CCOCC3)c2)CC1. The summed E-state index contributed by atoms with van der Waals surface area (Å²) in [5, 5.41) is 9.61. The number of hydrogen-bond donors (Lipinski definition) is 2. The molecule has 6 rings (SSSR count). The summed E-state index contributed by atoms with van der Waals surface area (Å²) in [6.45, 7) is 1.88. The number of aromatic amines is 1. The number of hydrogen-bond acceptors (Lipinski definition) is 7. The number of anilines is 2. The molecule has 0 unspecified atom stereocenters. The summed E-state index contributed by atoms with van der Waals surface area (Å²) in [7, 11) is 1.99. The number of likely N-dealkylation sites (tertiary alicyclic amines) is 1. The van der Waals surface area contributed by atoms with Gasteiger partial charge in [0.1, 0.15) is 10.5 Å². The highest BCUT2D eigenvalue weighted by atomic mass is 32.2. The Labute approximate surface area is 281 Å². The van der Waals surface area contributed by atoms with E-state index in [4.69, 9.17) is 4.74 Å². The number of fused-ring (bicyclic) bond motifs is 1. The third-order valence-electron chi connectivity index (χ3n) is 8.75. The maximum atomic E-state index is 14.1. The maximum absolute atomic E-state index is 14.1. The van der Waals surface area contributed by atoms with Gasteiger partial charge in [0.25, 0.3) is 5.91 Å². The Bertz CT molecular complexity index is 1830. The first-order chi connectivity index (χ1) is 23.3. The predicted molar refractivity (Wildman–Crippen MR) is 171 cm³/mol. The highest BCUT2D eigenvalue weighted by Gasteiger charge is 2.46. The van der Waals surface area contributed by atoms with Gasteiger partial charge < -0.3 is 19.9 Å². The molecule has 2 aromatic heterocycles. The molecule has 2 saturated heterocycles. The van der Waals surface area contributed by atoms with E-state index < -0.39 is 35.8 Å². The van der Waals surface area contributed by atoms with Gasteiger partial charge in [-0.3, -0.25) is 14.7 Å². The van der Waals surface area contributed by atoms with E-state index in [-0.39, 0.29) is 64.5 Å². The fourth-order valence-corrected chi connectivity index (χ4v) is 7.13. The van der Waals surface area contributed by atoms with Crippen LogP contribution < -0.4 is 10.2 Å². The molecule has 2 N–H and O–H groups in total. The first-order valence-electron chi connectivity index (χ1n) is 15.6. The van der Waals surface area contributed by atoms with Gasteiger partial charge in [0.15, 0.2) is 5.82 Å². The minimum atomic E-state index is -5.21. The molecule has 2 fully saturated rings. The second kappa shape index (κ2) is 14.0. The van der Waals surface area contributed by atoms with Crippen LogP contribution in [0.25, 0.3) is 11.0 Å². The number of halogens is 6. The van der Waals surface area contributed by atoms with Crippen LogP contribution in [0.2, 0.25) is 0 Å². The zero-order valence-electron chi connectivity index (χ0n) is 26.2. The molecule has 4 aromatic rings. The number of carbonyl (C=O) groups is 2. The summed E-state index contributed by atoms with van der Waals surface area (Å²) in [6, 6.07) is 11.8. The molecule has 0 spiro atoms. The molecule has 49 heavy (non-hydrogen) atoms. The molecule has 0 aliphatic carbocycles. The van der Waals surface area contributed by atoms with Crippen LogP contribution in [0, 0.1) is 0 Å². The standard InChI is InChI=1S/C33H32F6N6O3S/c1-44-14-10-19(11-15-44)20-6-7-22(25(18-20)45(31(47)33(37,38)39)21-12-16-48-17-13-21)30(46)41-29-28-24(42-43-29)8-9-27(40-28)49-26-5-3-2-4-23(26)32(34,35)36/h2-9,18-19,21H,10-17H2,1H3,(H2,41,42,43,46). The van der Waals surface area contributed by atoms with E-state index in [9.17, 15) is 35.9 Å². The number of amides is 2. The molecular formula is C33H32F6N6O3S. The first kappa shape index (κ1) is 34.7. The van der Waals surface area contributed by atoms with Crippen molar-refractivity contribution in [2.45, 2.75) is 59.9 Å². The van der Waals surface area contributed by atoms with E-state index in [1.165, 1.54) is 36.4 Å². The molecule has 2 aromatic carbocycles. The van der Waals surface area contributed by atoms with Crippen molar-refractivity contribution in [2.75, 3.05) is 43.6 Å². The topological polar surface area (TPSA) is 103 Å². The highest BCUT2D eigenvalue weighted by molar-refractivity contribution is 7.99. The van der Waals surface area contributed by atoms with Crippen LogP contribution in [0.5, 0.6) is 0 Å². The number of H-pyrrole nitrogens is 1. The van der Waals surface area contributed by atoms with Crippen LogP contribution >= 0.6 is 11.8 Å². The van der Waals surface area contributed by atoms with Crippen molar-refractivity contribution in [3.05, 3.63) is 71.3 Å². The minimum absolute atomic E-state index is 0.0162. The second-order valence-corrected chi connectivity index (χ2v) is 13.1. The molecule has 9 nitrogen and oxygen atoms in total. The predicted octanol–water partition coefficient (Wildman–Crippen LogP) is 7.26. The third-order valence-corrected chi connectivity index (χ3v) is 9.77. The Hall–Kier alpha value is -4.15. The Morgan fingerprint density at radius 1 is 0.980 bits per heavy atom. The number of aromatic nitrogens is 3. The van der Waals surface area contributed by atoms with Crippen LogP contribution in [0.3, 0.4) is 0 Å². The number of carbonyl (C=O) groups excluding carboxylic acids is 2. The second-order valence-electron chi connectivity index (χ2n) is 12.0. The summed E-state index contributed by atoms with van der Waals surface area (Å²) >= 11 is 0.777. The van der Waals surface area contributed by atoms with Crippen LogP contribution in [-0.2, 0) is 15.7 Å². The van der Waals surface area contributed by atoms with E-state index in [2.05, 4.69) is 25.4 Å². The fraction of sp³-hybridized carbons (Fsp3) is 0.394. The van der Waals surface area contributed by atoms with Crippen molar-refractivity contribution < 1.29 is 40.7 Å². The molecule has 2 aliphatic rings. The van der Waals surface area contributed by atoms with Gasteiger partial charge in [-0.2, -0.15) is 31.4 Å². The molecule has 2 amide bonds. The first-order valence-corrected chi connectivity index (χ1v) is 16.4. The summed E-state index contributed by atoms with van der Waals surface area (Å²) < 4.78 is 88.5. The number of ether oxygens (including phenoxy) is 1. The number of pyridine rings is 1. The van der Waals surface area contributed by atoms with Gasteiger partial charge in [-0.1, -0.05) is 30.0 Å². The number of piperidine rings is 1. The molecule has 0 radical (unpaired) electrons. The Morgan fingerprint density at radius 2 is 1.69 bits per heavy atom. The largest absolute Gasteiger partial charge is 0.471 e. The summed E-state index contributed by atoms with van der Waals surface area (Å²) in [5.74, 6) is -2.99. The van der Waals surface area contributed by atoms with Gasteiger partial charge >= 0.3 is 18.3 Å². The number of nitrogens with one attached hydrogen (secondary N) is 2. The molecule has 0 bridgehead atoms. The molecule has 260 valence electrons. The minimum Gasteiger partial charge on any atom is -0.381 e. The van der Waals surface area contributed by atoms with Crippen molar-refractivity contribution in [3.8, 4) is 0 Å². The molecule has 4 heterocycles. The van der Waals surface area contributed by atoms with Crippen LogP contribution in [0.1, 0.15) is 53.1 Å². The highest BCUT2D eigenvalue weighted by Crippen LogP contribution is 2.40. The summed E-state index contributed by atoms with van der Waals surface area (Å²) in [5.41, 5.74) is 0.0240. The van der Waals surface area contributed by atoms with Crippen LogP contribution in [-0.4, -0.2) is 77.5 Å². The van der Waals surface area contributed by atoms with E-state index in [0.29, 0.717) is 10.4 Å². The maximum Gasteiger partial charge on any atom is 0.471 e. The number of rotatable bonds is 7. The lowest BCUT2D eigenvalue weighted by molar-refractivity contribution is -0.171. The van der Waals surface area contributed by atoms with E-state index >= 15 is 0 Å². The van der Waals surface area contributed by atoms with Gasteiger partial charge in [-0.25, -0.2) is 4.98 Å². The zero-order chi connectivity index (χ0) is 34.9. The fourth-order valence-electron chi connectivity index (χ4n) is 6.19. The van der Waals surface area contributed by atoms with E-state index in [1.807, 2.05) is 7.05 Å². The zero-order valence-corrected chi connectivity index (χ0v) is 27.0. The van der Waals surface area contributed by atoms with Gasteiger partial charge in [0, 0.05) is 24.2 Å². The van der Waals surface area contributed by atoms with Crippen molar-refractivity contribution in [1.29, 1.82) is 0 Å². The van der Waals surface area contributed by atoms with Crippen molar-refractivity contribution >= 4 is 46.1 Å². The van der Waals surface area contributed by atoms with Gasteiger partial charge in [0.2, 0.25) is 0 Å². The van der Waals surface area contributed by atoms with Crippen LogP contribution in [0.15, 0.2) is 64.5 Å². The molecule has 0 atom stereocenters.